The normalized spacial score (nSPS) is 17.4. The number of nitrogens with one attached hydrogen (secondary N) is 1. The molecule has 0 aliphatic heterocycles. The van der Waals surface area contributed by atoms with Crippen molar-refractivity contribution in [1.29, 1.82) is 0 Å². The molecule has 6 rings (SSSR count). The average Bonchev–Trinajstić information content (AvgIpc) is 3.44. The van der Waals surface area contributed by atoms with Crippen LogP contribution in [0.15, 0.2) is 97.2 Å². The highest BCUT2D eigenvalue weighted by atomic mass is 19.1. The van der Waals surface area contributed by atoms with Crippen molar-refractivity contribution in [2.45, 2.75) is 45.2 Å². The van der Waals surface area contributed by atoms with E-state index in [9.17, 15) is 19.1 Å². The Kier molecular flexibility index (Phi) is 8.05. The van der Waals surface area contributed by atoms with Crippen molar-refractivity contribution in [2.24, 2.45) is 11.8 Å². The lowest BCUT2D eigenvalue weighted by Gasteiger charge is -2.31. The van der Waals surface area contributed by atoms with Gasteiger partial charge in [0.2, 0.25) is 0 Å². The maximum Gasteiger partial charge on any atom is 0.306 e. The standard InChI is InChI=1S/C36H34FN3O3/c1-23(25-11-13-29(14-12-25)36(42)43)39-35(41)33-20-30(28-15-17-32(37)18-16-28)19-31-21-38-40(34(31)33)22-24-7-9-27(10-8-24)26-5-3-2-4-6-26/h2-10,15-21,23,25,29H,11-14,22H2,1H3,(H,39,41)(H,42,43)/t23-,25?,29?/m0/s1. The fraction of sp³-hybridized carbons (Fsp3) is 0.250. The number of carboxylic acids is 1. The first-order valence-corrected chi connectivity index (χ1v) is 14.8. The number of carbonyl (C=O) groups is 2. The van der Waals surface area contributed by atoms with Crippen molar-refractivity contribution in [3.8, 4) is 22.3 Å². The first-order chi connectivity index (χ1) is 20.9. The number of benzene rings is 4. The summed E-state index contributed by atoms with van der Waals surface area (Å²) in [6, 6.07) is 28.5. The molecule has 7 heteroatoms. The van der Waals surface area contributed by atoms with Crippen LogP contribution in [-0.4, -0.2) is 32.8 Å². The molecule has 1 fully saturated rings. The summed E-state index contributed by atoms with van der Waals surface area (Å²) < 4.78 is 15.5. The monoisotopic (exact) mass is 575 g/mol. The molecule has 1 aliphatic carbocycles. The molecule has 2 N–H and O–H groups in total. The summed E-state index contributed by atoms with van der Waals surface area (Å²) in [5.41, 5.74) is 6.18. The first-order valence-electron chi connectivity index (χ1n) is 14.8. The Morgan fingerprint density at radius 3 is 2.19 bits per heavy atom. The molecule has 0 radical (unpaired) electrons. The minimum absolute atomic E-state index is 0.117. The summed E-state index contributed by atoms with van der Waals surface area (Å²) in [5, 5.41) is 18.1. The van der Waals surface area contributed by atoms with E-state index in [1.165, 1.54) is 12.1 Å². The Morgan fingerprint density at radius 2 is 1.51 bits per heavy atom. The quantitative estimate of drug-likeness (QED) is 0.200. The number of carboxylic acid groups (broad SMARTS) is 1. The van der Waals surface area contributed by atoms with Crippen LogP contribution in [0.5, 0.6) is 0 Å². The molecule has 0 unspecified atom stereocenters. The Morgan fingerprint density at radius 1 is 0.884 bits per heavy atom. The van der Waals surface area contributed by atoms with E-state index in [1.54, 1.807) is 18.3 Å². The van der Waals surface area contributed by atoms with Gasteiger partial charge >= 0.3 is 5.97 Å². The SMILES string of the molecule is C[C@H](NC(=O)c1cc(-c2ccc(F)cc2)cc2cnn(Cc3ccc(-c4ccccc4)cc3)c12)C1CCC(C(=O)O)CC1. The van der Waals surface area contributed by atoms with Gasteiger partial charge in [0.1, 0.15) is 5.82 Å². The van der Waals surface area contributed by atoms with E-state index < -0.39 is 5.97 Å². The second-order valence-electron chi connectivity index (χ2n) is 11.5. The number of nitrogens with zero attached hydrogens (tertiary/aromatic N) is 2. The molecule has 1 saturated carbocycles. The second kappa shape index (κ2) is 12.2. The molecule has 1 heterocycles. The van der Waals surface area contributed by atoms with Gasteiger partial charge in [0.15, 0.2) is 0 Å². The highest BCUT2D eigenvalue weighted by Crippen LogP contribution is 2.32. The summed E-state index contributed by atoms with van der Waals surface area (Å²) in [6.07, 6.45) is 4.55. The second-order valence-corrected chi connectivity index (χ2v) is 11.5. The van der Waals surface area contributed by atoms with Gasteiger partial charge in [0, 0.05) is 11.4 Å². The maximum absolute atomic E-state index is 13.9. The van der Waals surface area contributed by atoms with E-state index >= 15 is 0 Å². The molecule has 43 heavy (non-hydrogen) atoms. The van der Waals surface area contributed by atoms with E-state index in [4.69, 9.17) is 0 Å². The zero-order valence-corrected chi connectivity index (χ0v) is 24.0. The number of hydrogen-bond acceptors (Lipinski definition) is 3. The summed E-state index contributed by atoms with van der Waals surface area (Å²) >= 11 is 0. The molecule has 1 aromatic heterocycles. The zero-order valence-electron chi connectivity index (χ0n) is 24.0. The molecular formula is C36H34FN3O3. The minimum Gasteiger partial charge on any atom is -0.481 e. The topological polar surface area (TPSA) is 84.2 Å². The van der Waals surface area contributed by atoms with Gasteiger partial charge in [0.05, 0.1) is 29.7 Å². The highest BCUT2D eigenvalue weighted by molar-refractivity contribution is 6.07. The third kappa shape index (κ3) is 6.21. The summed E-state index contributed by atoms with van der Waals surface area (Å²) in [7, 11) is 0. The van der Waals surface area contributed by atoms with Gasteiger partial charge in [-0.1, -0.05) is 66.7 Å². The predicted octanol–water partition coefficient (Wildman–Crippen LogP) is 7.57. The van der Waals surface area contributed by atoms with Crippen molar-refractivity contribution in [1.82, 2.24) is 15.1 Å². The minimum atomic E-state index is -0.738. The molecule has 0 spiro atoms. The average molecular weight is 576 g/mol. The molecule has 5 aromatic rings. The van der Waals surface area contributed by atoms with Gasteiger partial charge in [-0.05, 0) is 90.6 Å². The van der Waals surface area contributed by atoms with Crippen molar-refractivity contribution in [2.75, 3.05) is 0 Å². The summed E-state index contributed by atoms with van der Waals surface area (Å²) in [6.45, 7) is 2.49. The van der Waals surface area contributed by atoms with E-state index in [0.29, 0.717) is 24.9 Å². The fourth-order valence-corrected chi connectivity index (χ4v) is 6.21. The van der Waals surface area contributed by atoms with Gasteiger partial charge in [-0.3, -0.25) is 14.3 Å². The van der Waals surface area contributed by atoms with E-state index in [2.05, 4.69) is 46.8 Å². The lowest BCUT2D eigenvalue weighted by molar-refractivity contribution is -0.143. The molecule has 6 nitrogen and oxygen atoms in total. The molecule has 0 saturated heterocycles. The lowest BCUT2D eigenvalue weighted by Crippen LogP contribution is -2.40. The maximum atomic E-state index is 13.9. The van der Waals surface area contributed by atoms with Gasteiger partial charge in [-0.15, -0.1) is 0 Å². The third-order valence-electron chi connectivity index (χ3n) is 8.74. The van der Waals surface area contributed by atoms with E-state index in [0.717, 1.165) is 51.6 Å². The number of aliphatic carboxylic acids is 1. The van der Waals surface area contributed by atoms with Crippen LogP contribution in [-0.2, 0) is 11.3 Å². The summed E-state index contributed by atoms with van der Waals surface area (Å²) in [4.78, 5) is 25.3. The summed E-state index contributed by atoms with van der Waals surface area (Å²) in [5.74, 6) is -1.35. The molecule has 0 bridgehead atoms. The van der Waals surface area contributed by atoms with Crippen LogP contribution in [0.25, 0.3) is 33.2 Å². The molecule has 1 atom stereocenters. The van der Waals surface area contributed by atoms with Crippen molar-refractivity contribution in [3.63, 3.8) is 0 Å². The van der Waals surface area contributed by atoms with Crippen LogP contribution in [0.2, 0.25) is 0 Å². The van der Waals surface area contributed by atoms with Crippen molar-refractivity contribution < 1.29 is 19.1 Å². The number of amides is 1. The van der Waals surface area contributed by atoms with Crippen LogP contribution in [0, 0.1) is 17.7 Å². The van der Waals surface area contributed by atoms with Gasteiger partial charge in [-0.2, -0.15) is 5.10 Å². The van der Waals surface area contributed by atoms with Crippen LogP contribution in [0.3, 0.4) is 0 Å². The van der Waals surface area contributed by atoms with Crippen molar-refractivity contribution in [3.05, 3.63) is 114 Å². The molecule has 1 amide bonds. The first kappa shape index (κ1) is 28.3. The highest BCUT2D eigenvalue weighted by Gasteiger charge is 2.30. The molecule has 4 aromatic carbocycles. The number of fused-ring (bicyclic) bond motifs is 1. The van der Waals surface area contributed by atoms with Gasteiger partial charge in [-0.25, -0.2) is 4.39 Å². The Bertz CT molecular complexity index is 1740. The Balaban J connectivity index is 1.31. The Labute approximate surface area is 250 Å². The number of halogens is 1. The van der Waals surface area contributed by atoms with Crippen molar-refractivity contribution >= 4 is 22.8 Å². The molecular weight excluding hydrogens is 541 g/mol. The van der Waals surface area contributed by atoms with Crippen LogP contribution >= 0.6 is 0 Å². The van der Waals surface area contributed by atoms with Crippen LogP contribution in [0.4, 0.5) is 4.39 Å². The smallest absolute Gasteiger partial charge is 0.306 e. The number of aromatic nitrogens is 2. The van der Waals surface area contributed by atoms with Gasteiger partial charge in [0.25, 0.3) is 5.91 Å². The predicted molar refractivity (Wildman–Crippen MR) is 166 cm³/mol. The fourth-order valence-electron chi connectivity index (χ4n) is 6.21. The van der Waals surface area contributed by atoms with E-state index in [-0.39, 0.29) is 29.6 Å². The lowest BCUT2D eigenvalue weighted by atomic mass is 9.79. The zero-order chi connectivity index (χ0) is 29.9. The van der Waals surface area contributed by atoms with Crippen LogP contribution in [0.1, 0.15) is 48.5 Å². The number of carbonyl (C=O) groups excluding carboxylic acids is 1. The number of hydrogen-bond donors (Lipinski definition) is 2. The third-order valence-corrected chi connectivity index (χ3v) is 8.74. The molecule has 1 aliphatic rings. The van der Waals surface area contributed by atoms with E-state index in [1.807, 2.05) is 41.9 Å². The van der Waals surface area contributed by atoms with Gasteiger partial charge < -0.3 is 10.4 Å². The Hall–Kier alpha value is -4.78. The number of rotatable bonds is 8. The van der Waals surface area contributed by atoms with Crippen LogP contribution < -0.4 is 5.32 Å². The molecule has 218 valence electrons. The largest absolute Gasteiger partial charge is 0.481 e.